The van der Waals surface area contributed by atoms with Crippen molar-refractivity contribution in [1.29, 1.82) is 0 Å². The van der Waals surface area contributed by atoms with E-state index >= 15 is 0 Å². The van der Waals surface area contributed by atoms with Gasteiger partial charge >= 0.3 is 6.18 Å². The molecular formula is C16H11F5N2O3S. The molecule has 0 radical (unpaired) electrons. The molecule has 27 heavy (non-hydrogen) atoms. The Balaban J connectivity index is 1.95. The van der Waals surface area contributed by atoms with Crippen molar-refractivity contribution in [3.05, 3.63) is 59.7 Å². The summed E-state index contributed by atoms with van der Waals surface area (Å²) in [6, 6.07) is 7.69. The van der Waals surface area contributed by atoms with Gasteiger partial charge in [-0.15, -0.1) is 4.33 Å². The van der Waals surface area contributed by atoms with Crippen molar-refractivity contribution in [3.63, 3.8) is 0 Å². The van der Waals surface area contributed by atoms with E-state index < -0.39 is 36.0 Å². The number of benzene rings is 2. The molecular weight excluding hydrogens is 395 g/mol. The number of halogens is 5. The molecule has 3 rings (SSSR count). The van der Waals surface area contributed by atoms with E-state index in [1.165, 1.54) is 24.3 Å². The Hall–Kier alpha value is -2.21. The molecule has 11 heteroatoms. The van der Waals surface area contributed by atoms with Crippen molar-refractivity contribution in [1.82, 2.24) is 0 Å². The monoisotopic (exact) mass is 406 g/mol. The Morgan fingerprint density at radius 3 is 2.41 bits per heavy atom. The Labute approximate surface area is 154 Å². The second kappa shape index (κ2) is 7.80. The van der Waals surface area contributed by atoms with Crippen molar-refractivity contribution in [3.8, 4) is 0 Å². The zero-order valence-electron chi connectivity index (χ0n) is 13.3. The Morgan fingerprint density at radius 1 is 1.11 bits per heavy atom. The van der Waals surface area contributed by atoms with Gasteiger partial charge in [0.25, 0.3) is 0 Å². The lowest BCUT2D eigenvalue weighted by Crippen LogP contribution is -2.21. The van der Waals surface area contributed by atoms with Crippen LogP contribution in [0.25, 0.3) is 0 Å². The van der Waals surface area contributed by atoms with Crippen LogP contribution in [-0.4, -0.2) is 17.1 Å². The maximum absolute atomic E-state index is 14.1. The van der Waals surface area contributed by atoms with Crippen molar-refractivity contribution in [2.45, 2.75) is 23.5 Å². The lowest BCUT2D eigenvalue weighted by molar-refractivity contribution is -0.432. The summed E-state index contributed by atoms with van der Waals surface area (Å²) < 4.78 is 71.0. The molecule has 2 aromatic rings. The van der Waals surface area contributed by atoms with Crippen LogP contribution in [0.5, 0.6) is 0 Å². The van der Waals surface area contributed by atoms with Gasteiger partial charge in [0.2, 0.25) is 0 Å². The molecule has 1 N–H and O–H groups in total. The van der Waals surface area contributed by atoms with E-state index in [4.69, 9.17) is 5.26 Å². The van der Waals surface area contributed by atoms with Gasteiger partial charge in [0.05, 0.1) is 23.8 Å². The minimum Gasteiger partial charge on any atom is -0.254 e. The molecule has 1 unspecified atom stereocenters. The quantitative estimate of drug-likeness (QED) is 0.318. The number of nitrogens with zero attached hydrogens (tertiary/aromatic N) is 2. The summed E-state index contributed by atoms with van der Waals surface area (Å²) in [4.78, 5) is 0.502. The lowest BCUT2D eigenvalue weighted by Gasteiger charge is -2.24. The van der Waals surface area contributed by atoms with Crippen LogP contribution < -0.4 is 5.01 Å². The Kier molecular flexibility index (Phi) is 5.65. The summed E-state index contributed by atoms with van der Waals surface area (Å²) in [5.74, 6) is -1.87. The molecule has 0 saturated carbocycles. The number of hydrazone groups is 1. The molecule has 0 aliphatic carbocycles. The first-order valence-corrected chi connectivity index (χ1v) is 8.17. The SMILES string of the molecule is OOOSc1ccc(C2CC(C(F)(F)F)=NN2c2ccc(F)cc2F)cc1. The number of anilines is 1. The van der Waals surface area contributed by atoms with Crippen LogP contribution in [0.4, 0.5) is 27.6 Å². The minimum atomic E-state index is -4.67. The van der Waals surface area contributed by atoms with E-state index in [9.17, 15) is 22.0 Å². The molecule has 1 heterocycles. The summed E-state index contributed by atoms with van der Waals surface area (Å²) in [5, 5.41) is 16.0. The van der Waals surface area contributed by atoms with Gasteiger partial charge in [-0.25, -0.2) is 14.0 Å². The average Bonchev–Trinajstić information content (AvgIpc) is 3.06. The molecule has 0 saturated heterocycles. The fourth-order valence-corrected chi connectivity index (χ4v) is 2.99. The fraction of sp³-hybridized carbons (Fsp3) is 0.188. The van der Waals surface area contributed by atoms with E-state index in [0.29, 0.717) is 28.6 Å². The first-order chi connectivity index (χ1) is 12.8. The largest absolute Gasteiger partial charge is 0.431 e. The minimum absolute atomic E-state index is 0.267. The topological polar surface area (TPSA) is 54.3 Å². The van der Waals surface area contributed by atoms with E-state index in [1.54, 1.807) is 0 Å². The van der Waals surface area contributed by atoms with Gasteiger partial charge in [-0.1, -0.05) is 17.2 Å². The van der Waals surface area contributed by atoms with Crippen LogP contribution in [0, 0.1) is 11.6 Å². The normalized spacial score (nSPS) is 17.3. The van der Waals surface area contributed by atoms with Crippen molar-refractivity contribution >= 4 is 23.4 Å². The molecule has 0 aromatic heterocycles. The lowest BCUT2D eigenvalue weighted by atomic mass is 10.0. The maximum atomic E-state index is 14.1. The molecule has 5 nitrogen and oxygen atoms in total. The number of alkyl halides is 3. The summed E-state index contributed by atoms with van der Waals surface area (Å²) in [6.45, 7) is 0. The molecule has 2 aromatic carbocycles. The van der Waals surface area contributed by atoms with Crippen LogP contribution in [0.15, 0.2) is 52.5 Å². The summed E-state index contributed by atoms with van der Waals surface area (Å²) in [5.41, 5.74) is -0.904. The zero-order chi connectivity index (χ0) is 19.6. The standard InChI is InChI=1S/C16H11F5N2O3S/c17-10-3-6-13(12(18)7-10)23-14(8-15(22-23)16(19,20)21)9-1-4-11(5-2-9)27-26-25-24/h1-7,14,24H,8H2. The predicted molar refractivity (Wildman–Crippen MR) is 86.8 cm³/mol. The summed E-state index contributed by atoms with van der Waals surface area (Å²) >= 11 is 0.682. The van der Waals surface area contributed by atoms with Gasteiger partial charge in [0.1, 0.15) is 11.5 Å². The number of rotatable bonds is 5. The third-order valence-corrected chi connectivity index (χ3v) is 4.41. The maximum Gasteiger partial charge on any atom is 0.431 e. The van der Waals surface area contributed by atoms with E-state index in [-0.39, 0.29) is 5.69 Å². The Bertz CT molecular complexity index is 845. The third-order valence-electron chi connectivity index (χ3n) is 3.82. The Morgan fingerprint density at radius 2 is 1.81 bits per heavy atom. The van der Waals surface area contributed by atoms with Crippen molar-refractivity contribution in [2.75, 3.05) is 5.01 Å². The van der Waals surface area contributed by atoms with Gasteiger partial charge in [-0.3, -0.25) is 5.01 Å². The van der Waals surface area contributed by atoms with Gasteiger partial charge in [-0.05, 0) is 29.8 Å². The van der Waals surface area contributed by atoms with Crippen LogP contribution >= 0.6 is 12.0 Å². The highest BCUT2D eigenvalue weighted by Crippen LogP contribution is 2.40. The van der Waals surface area contributed by atoms with E-state index in [0.717, 1.165) is 17.1 Å². The van der Waals surface area contributed by atoms with Crippen molar-refractivity contribution < 1.29 is 36.6 Å². The molecule has 1 atom stereocenters. The van der Waals surface area contributed by atoms with E-state index in [1.807, 2.05) is 0 Å². The van der Waals surface area contributed by atoms with Gasteiger partial charge in [-0.2, -0.15) is 18.3 Å². The zero-order valence-corrected chi connectivity index (χ0v) is 14.1. The second-order valence-corrected chi connectivity index (χ2v) is 6.27. The van der Waals surface area contributed by atoms with Crippen LogP contribution in [0.3, 0.4) is 0 Å². The highest BCUT2D eigenvalue weighted by atomic mass is 32.2. The number of hydrogen-bond donors (Lipinski definition) is 1. The fourth-order valence-electron chi connectivity index (χ4n) is 2.63. The first-order valence-electron chi connectivity index (χ1n) is 7.43. The highest BCUT2D eigenvalue weighted by Gasteiger charge is 2.44. The summed E-state index contributed by atoms with van der Waals surface area (Å²) in [7, 11) is 0. The summed E-state index contributed by atoms with van der Waals surface area (Å²) in [6.07, 6.45) is -5.17. The molecule has 0 spiro atoms. The highest BCUT2D eigenvalue weighted by molar-refractivity contribution is 7.94. The molecule has 1 aliphatic heterocycles. The first kappa shape index (κ1) is 19.5. The molecule has 0 fully saturated rings. The molecule has 0 bridgehead atoms. The van der Waals surface area contributed by atoms with E-state index in [2.05, 4.69) is 14.5 Å². The van der Waals surface area contributed by atoms with Crippen LogP contribution in [0.2, 0.25) is 0 Å². The number of hydrogen-bond acceptors (Lipinski definition) is 6. The van der Waals surface area contributed by atoms with Gasteiger partial charge < -0.3 is 0 Å². The second-order valence-electron chi connectivity index (χ2n) is 5.50. The van der Waals surface area contributed by atoms with Crippen molar-refractivity contribution in [2.24, 2.45) is 5.10 Å². The smallest absolute Gasteiger partial charge is 0.254 e. The van der Waals surface area contributed by atoms with Gasteiger partial charge in [0, 0.05) is 17.4 Å². The third kappa shape index (κ3) is 4.38. The molecule has 1 aliphatic rings. The molecule has 144 valence electrons. The van der Waals surface area contributed by atoms with Crippen LogP contribution in [0.1, 0.15) is 18.0 Å². The van der Waals surface area contributed by atoms with Crippen LogP contribution in [-0.2, 0) is 9.37 Å². The van der Waals surface area contributed by atoms with Gasteiger partial charge in [0.15, 0.2) is 5.82 Å². The predicted octanol–water partition coefficient (Wildman–Crippen LogP) is 5.26. The average molecular weight is 406 g/mol. The molecule has 0 amide bonds.